The molecule has 0 aliphatic carbocycles. The first kappa shape index (κ1) is 28.9. The molecule has 2 aliphatic rings. The van der Waals surface area contributed by atoms with Crippen molar-refractivity contribution in [3.05, 3.63) is 75.2 Å². The Kier molecular flexibility index (Phi) is 8.30. The fourth-order valence-corrected chi connectivity index (χ4v) is 5.46. The molecule has 4 N–H and O–H groups in total. The molecule has 216 valence electrons. The Bertz CT molecular complexity index is 1650. The van der Waals surface area contributed by atoms with Crippen molar-refractivity contribution >= 4 is 58.0 Å². The van der Waals surface area contributed by atoms with E-state index < -0.39 is 30.6 Å². The lowest BCUT2D eigenvalue weighted by Gasteiger charge is -2.29. The minimum atomic E-state index is -1.49. The van der Waals surface area contributed by atoms with Gasteiger partial charge in [-0.25, -0.2) is 14.8 Å². The Morgan fingerprint density at radius 1 is 1.31 bits per heavy atom. The molecule has 15 heteroatoms. The van der Waals surface area contributed by atoms with E-state index in [1.807, 2.05) is 0 Å². The number of nitrogens with zero attached hydrogens (tertiary/aromatic N) is 5. The van der Waals surface area contributed by atoms with Crippen molar-refractivity contribution in [2.24, 2.45) is 4.99 Å². The molecule has 5 rings (SSSR count). The summed E-state index contributed by atoms with van der Waals surface area (Å²) in [5.41, 5.74) is 1.51. The van der Waals surface area contributed by atoms with Crippen molar-refractivity contribution in [2.45, 2.75) is 25.1 Å². The van der Waals surface area contributed by atoms with Gasteiger partial charge in [-0.2, -0.15) is 5.26 Å². The van der Waals surface area contributed by atoms with Gasteiger partial charge in [0.05, 0.1) is 34.8 Å². The van der Waals surface area contributed by atoms with Crippen molar-refractivity contribution < 1.29 is 29.0 Å². The number of rotatable bonds is 6. The van der Waals surface area contributed by atoms with Crippen molar-refractivity contribution in [3.63, 3.8) is 0 Å². The molecule has 2 amide bonds. The maximum Gasteiger partial charge on any atom is 0.328 e. The Morgan fingerprint density at radius 2 is 2.12 bits per heavy atom. The lowest BCUT2D eigenvalue weighted by Crippen LogP contribution is -2.45. The Hall–Kier alpha value is -4.64. The zero-order valence-electron chi connectivity index (χ0n) is 21.8. The van der Waals surface area contributed by atoms with Crippen LogP contribution >= 0.6 is 23.2 Å². The van der Waals surface area contributed by atoms with E-state index in [1.54, 1.807) is 35.5 Å². The number of carboxylic acids is 1. The first-order valence-corrected chi connectivity index (χ1v) is 13.4. The number of amides is 2. The third-order valence-electron chi connectivity index (χ3n) is 6.76. The first-order chi connectivity index (χ1) is 20.2. The topological polar surface area (TPSA) is 184 Å². The fourth-order valence-electron chi connectivity index (χ4n) is 4.70. The van der Waals surface area contributed by atoms with Gasteiger partial charge in [0.15, 0.2) is 12.0 Å². The minimum absolute atomic E-state index is 0.00802. The number of β-amino-alcohol motifs (C(OH)–C–C–N with tert-alkyl or cyclic N) is 1. The van der Waals surface area contributed by atoms with Crippen LogP contribution in [0.3, 0.4) is 0 Å². The monoisotopic (exact) mass is 611 g/mol. The highest BCUT2D eigenvalue weighted by molar-refractivity contribution is 6.40. The van der Waals surface area contributed by atoms with E-state index in [-0.39, 0.29) is 46.3 Å². The molecule has 4 heterocycles. The number of furan rings is 1. The summed E-state index contributed by atoms with van der Waals surface area (Å²) >= 11 is 13.1. The van der Waals surface area contributed by atoms with E-state index in [0.29, 0.717) is 35.2 Å². The van der Waals surface area contributed by atoms with Crippen molar-refractivity contribution in [2.75, 3.05) is 19.6 Å². The summed E-state index contributed by atoms with van der Waals surface area (Å²) in [6.07, 6.45) is 5.81. The van der Waals surface area contributed by atoms with Crippen molar-refractivity contribution in [3.8, 4) is 6.19 Å². The molecule has 2 aromatic heterocycles. The number of carbonyl (C=O) groups excluding carboxylic acids is 2. The van der Waals surface area contributed by atoms with E-state index in [1.165, 1.54) is 23.2 Å². The molecule has 0 spiro atoms. The molecule has 0 saturated carbocycles. The number of hydrogen-bond donors (Lipinski definition) is 4. The number of nitrogens with one attached hydrogen (secondary N) is 2. The average Bonchev–Trinajstić information content (AvgIpc) is 3.60. The third kappa shape index (κ3) is 5.87. The summed E-state index contributed by atoms with van der Waals surface area (Å²) in [7, 11) is 0. The minimum Gasteiger partial charge on any atom is -0.480 e. The smallest absolute Gasteiger partial charge is 0.328 e. The average molecular weight is 612 g/mol. The van der Waals surface area contributed by atoms with Crippen molar-refractivity contribution in [1.82, 2.24) is 25.4 Å². The number of fused-ring (bicyclic) bond motifs is 2. The van der Waals surface area contributed by atoms with Gasteiger partial charge in [0.1, 0.15) is 6.04 Å². The van der Waals surface area contributed by atoms with Crippen LogP contribution in [0.1, 0.15) is 32.0 Å². The van der Waals surface area contributed by atoms with Gasteiger partial charge in [0, 0.05) is 30.9 Å². The van der Waals surface area contributed by atoms with Gasteiger partial charge in [-0.1, -0.05) is 23.2 Å². The van der Waals surface area contributed by atoms with Gasteiger partial charge >= 0.3 is 5.97 Å². The van der Waals surface area contributed by atoms with Gasteiger partial charge in [-0.3, -0.25) is 14.9 Å². The highest BCUT2D eigenvalue weighted by Crippen LogP contribution is 2.35. The standard InChI is InChI=1S/C27H23Cl2N7O6/c28-18-8-15-11-35(25(39)20-9-14-2-1-5-31-24(14)42-20)7-4-17(15)22(29)21(18)23(38)34-19(26(40)41)10-32-27(33-13-30)36-6-3-16(37)12-36/h1-3,5-6,8-9,16,19,37H,4,7,10-12H2,(H,32,33)(H,34,38)(H,40,41)/t16-,19-/m0/s1. The van der Waals surface area contributed by atoms with E-state index in [2.05, 4.69) is 20.6 Å². The van der Waals surface area contributed by atoms with Crippen LogP contribution in [-0.2, 0) is 17.8 Å². The third-order valence-corrected chi connectivity index (χ3v) is 7.48. The summed E-state index contributed by atoms with van der Waals surface area (Å²) in [6.45, 7) is 0.150. The van der Waals surface area contributed by atoms with Crippen LogP contribution in [0, 0.1) is 11.5 Å². The number of aliphatic imine (C=N–C) groups is 1. The van der Waals surface area contributed by atoms with Crippen LogP contribution in [0.15, 0.2) is 52.1 Å². The molecular formula is C27H23Cl2N7O6. The second-order valence-electron chi connectivity index (χ2n) is 9.50. The number of hydrogen-bond acceptors (Lipinski definition) is 8. The number of aromatic nitrogens is 1. The number of halogens is 2. The number of carbonyl (C=O) groups is 3. The van der Waals surface area contributed by atoms with Crippen LogP contribution < -0.4 is 10.6 Å². The highest BCUT2D eigenvalue weighted by Gasteiger charge is 2.31. The van der Waals surface area contributed by atoms with Gasteiger partial charge in [0.25, 0.3) is 11.8 Å². The number of carboxylic acid groups (broad SMARTS) is 1. The van der Waals surface area contributed by atoms with Gasteiger partial charge in [0.2, 0.25) is 11.7 Å². The molecule has 0 saturated heterocycles. The summed E-state index contributed by atoms with van der Waals surface area (Å²) in [5.74, 6) is -2.38. The largest absolute Gasteiger partial charge is 0.480 e. The maximum atomic E-state index is 13.2. The molecule has 3 aromatic rings. The summed E-state index contributed by atoms with van der Waals surface area (Å²) in [6, 6.07) is 5.21. The highest BCUT2D eigenvalue weighted by atomic mass is 35.5. The Morgan fingerprint density at radius 3 is 2.81 bits per heavy atom. The fraction of sp³-hybridized carbons (Fsp3) is 0.259. The SMILES string of the molecule is N#CNC(=NC[C@H](NC(=O)c1c(Cl)cc2c(c1Cl)CCN(C(=O)c1cc3cccnc3o1)C2)C(=O)O)N1C=C[C@H](O)C1. The number of nitriles is 1. The second-order valence-corrected chi connectivity index (χ2v) is 10.3. The molecule has 2 atom stereocenters. The number of aliphatic hydroxyl groups excluding tert-OH is 1. The predicted octanol–water partition coefficient (Wildman–Crippen LogP) is 2.13. The molecule has 0 bridgehead atoms. The molecule has 1 aromatic carbocycles. The quantitative estimate of drug-likeness (QED) is 0.139. The van der Waals surface area contributed by atoms with E-state index in [0.717, 1.165) is 0 Å². The van der Waals surface area contributed by atoms with Gasteiger partial charge in [-0.05, 0) is 47.9 Å². The Balaban J connectivity index is 1.32. The van der Waals surface area contributed by atoms with Crippen LogP contribution in [0.5, 0.6) is 0 Å². The molecule has 0 fully saturated rings. The van der Waals surface area contributed by atoms with Crippen LogP contribution in [0.2, 0.25) is 10.0 Å². The van der Waals surface area contributed by atoms with Gasteiger partial charge < -0.3 is 29.7 Å². The molecule has 2 aliphatic heterocycles. The van der Waals surface area contributed by atoms with Crippen LogP contribution in [0.4, 0.5) is 0 Å². The lowest BCUT2D eigenvalue weighted by molar-refractivity contribution is -0.138. The number of aliphatic hydroxyl groups is 1. The summed E-state index contributed by atoms with van der Waals surface area (Å²) in [4.78, 5) is 49.5. The van der Waals surface area contributed by atoms with E-state index >= 15 is 0 Å². The molecule has 42 heavy (non-hydrogen) atoms. The predicted molar refractivity (Wildman–Crippen MR) is 151 cm³/mol. The van der Waals surface area contributed by atoms with E-state index in [4.69, 9.17) is 32.9 Å². The van der Waals surface area contributed by atoms with Crippen LogP contribution in [-0.4, -0.2) is 80.5 Å². The van der Waals surface area contributed by atoms with Crippen molar-refractivity contribution in [1.29, 1.82) is 5.26 Å². The lowest BCUT2D eigenvalue weighted by atomic mass is 9.96. The normalized spacial score (nSPS) is 17.1. The van der Waals surface area contributed by atoms with Crippen LogP contribution in [0.25, 0.3) is 11.1 Å². The summed E-state index contributed by atoms with van der Waals surface area (Å²) in [5, 5.41) is 33.9. The molecular weight excluding hydrogens is 589 g/mol. The summed E-state index contributed by atoms with van der Waals surface area (Å²) < 4.78 is 5.61. The second kappa shape index (κ2) is 12.1. The van der Waals surface area contributed by atoms with E-state index in [9.17, 15) is 24.6 Å². The number of aliphatic carboxylic acids is 1. The molecule has 13 nitrogen and oxygen atoms in total. The maximum absolute atomic E-state index is 13.2. The molecule has 0 radical (unpaired) electrons. The zero-order valence-corrected chi connectivity index (χ0v) is 23.3. The first-order valence-electron chi connectivity index (χ1n) is 12.7. The molecule has 0 unspecified atom stereocenters. The zero-order chi connectivity index (χ0) is 30.0. The number of benzene rings is 1. The Labute approximate surface area is 248 Å². The number of pyridine rings is 1. The van der Waals surface area contributed by atoms with Gasteiger partial charge in [-0.15, -0.1) is 0 Å². The number of guanidine groups is 1.